The van der Waals surface area contributed by atoms with Gasteiger partial charge in [0.05, 0.1) is 6.17 Å². The highest BCUT2D eigenvalue weighted by Crippen LogP contribution is 2.45. The van der Waals surface area contributed by atoms with Crippen molar-refractivity contribution < 1.29 is 0 Å². The fourth-order valence-electron chi connectivity index (χ4n) is 4.43. The molecule has 3 unspecified atom stereocenters. The van der Waals surface area contributed by atoms with Crippen molar-refractivity contribution in [3.8, 4) is 0 Å². The van der Waals surface area contributed by atoms with Crippen LogP contribution in [0.3, 0.4) is 0 Å². The van der Waals surface area contributed by atoms with Gasteiger partial charge in [0, 0.05) is 38.8 Å². The predicted octanol–water partition coefficient (Wildman–Crippen LogP) is 0.310. The van der Waals surface area contributed by atoms with E-state index in [0.717, 1.165) is 45.7 Å². The van der Waals surface area contributed by atoms with Crippen LogP contribution in [0.1, 0.15) is 40.0 Å². The molecule has 21 heavy (non-hydrogen) atoms. The number of nitrogens with one attached hydrogen (secondary N) is 2. The molecule has 0 aromatic heterocycles. The van der Waals surface area contributed by atoms with Crippen molar-refractivity contribution in [1.82, 2.24) is 15.5 Å². The molecule has 0 aromatic carbocycles. The SMILES string of the molecule is CC1(C)CC(NC(N)CN2CCNCC2)CC(C)(CN)C1. The molecule has 0 aromatic rings. The summed E-state index contributed by atoms with van der Waals surface area (Å²) in [4.78, 5) is 2.45. The fraction of sp³-hybridized carbons (Fsp3) is 1.00. The third kappa shape index (κ3) is 5.18. The Hall–Kier alpha value is -0.200. The molecule has 1 aliphatic heterocycles. The van der Waals surface area contributed by atoms with E-state index in [2.05, 4.69) is 36.3 Å². The number of hydrogen-bond donors (Lipinski definition) is 4. The van der Waals surface area contributed by atoms with E-state index in [1.807, 2.05) is 0 Å². The maximum absolute atomic E-state index is 6.35. The van der Waals surface area contributed by atoms with E-state index in [9.17, 15) is 0 Å². The Bertz CT molecular complexity index is 327. The smallest absolute Gasteiger partial charge is 0.0679 e. The lowest BCUT2D eigenvalue weighted by atomic mass is 9.62. The first kappa shape index (κ1) is 17.2. The average molecular weight is 297 g/mol. The minimum absolute atomic E-state index is 0.0593. The molecule has 0 bridgehead atoms. The van der Waals surface area contributed by atoms with E-state index < -0.39 is 0 Å². The Morgan fingerprint density at radius 2 is 1.90 bits per heavy atom. The number of rotatable bonds is 5. The summed E-state index contributed by atoms with van der Waals surface area (Å²) >= 11 is 0. The minimum Gasteiger partial charge on any atom is -0.330 e. The van der Waals surface area contributed by atoms with Crippen molar-refractivity contribution in [2.24, 2.45) is 22.3 Å². The Morgan fingerprint density at radius 1 is 1.24 bits per heavy atom. The largest absolute Gasteiger partial charge is 0.330 e. The molecule has 0 amide bonds. The van der Waals surface area contributed by atoms with Crippen LogP contribution in [0.2, 0.25) is 0 Å². The Balaban J connectivity index is 1.85. The van der Waals surface area contributed by atoms with Gasteiger partial charge in [0.15, 0.2) is 0 Å². The summed E-state index contributed by atoms with van der Waals surface area (Å²) in [7, 11) is 0. The highest BCUT2D eigenvalue weighted by atomic mass is 15.2. The van der Waals surface area contributed by atoms with Gasteiger partial charge in [-0.05, 0) is 36.6 Å². The molecule has 0 radical (unpaired) electrons. The zero-order chi connectivity index (χ0) is 15.5. The van der Waals surface area contributed by atoms with Crippen molar-refractivity contribution in [3.05, 3.63) is 0 Å². The van der Waals surface area contributed by atoms with Crippen molar-refractivity contribution in [3.63, 3.8) is 0 Å². The summed E-state index contributed by atoms with van der Waals surface area (Å²) in [6.07, 6.45) is 3.60. The molecule has 1 saturated heterocycles. The molecule has 5 nitrogen and oxygen atoms in total. The topological polar surface area (TPSA) is 79.3 Å². The van der Waals surface area contributed by atoms with E-state index in [4.69, 9.17) is 11.5 Å². The van der Waals surface area contributed by atoms with Gasteiger partial charge in [0.1, 0.15) is 0 Å². The number of piperazine rings is 1. The van der Waals surface area contributed by atoms with Crippen molar-refractivity contribution >= 4 is 0 Å². The molecule has 2 rings (SSSR count). The zero-order valence-corrected chi connectivity index (χ0v) is 14.1. The summed E-state index contributed by atoms with van der Waals surface area (Å²) in [5, 5.41) is 7.05. The van der Waals surface area contributed by atoms with E-state index >= 15 is 0 Å². The number of nitrogens with two attached hydrogens (primary N) is 2. The molecule has 1 aliphatic carbocycles. The quantitative estimate of drug-likeness (QED) is 0.549. The molecule has 1 saturated carbocycles. The van der Waals surface area contributed by atoms with E-state index in [-0.39, 0.29) is 11.6 Å². The maximum atomic E-state index is 6.35. The summed E-state index contributed by atoms with van der Waals surface area (Å²) in [6.45, 7) is 13.1. The Kier molecular flexibility index (Phi) is 5.65. The number of hydrogen-bond acceptors (Lipinski definition) is 5. The van der Waals surface area contributed by atoms with Crippen LogP contribution in [0.25, 0.3) is 0 Å². The van der Waals surface area contributed by atoms with Crippen molar-refractivity contribution in [1.29, 1.82) is 0 Å². The van der Waals surface area contributed by atoms with Gasteiger partial charge in [-0.25, -0.2) is 0 Å². The standard InChI is InChI=1S/C16H35N5/c1-15(2)8-13(9-16(3,11-15)12-17)20-14(18)10-21-6-4-19-5-7-21/h13-14,19-20H,4-12,17-18H2,1-3H3. The summed E-state index contributed by atoms with van der Waals surface area (Å²) in [5.41, 5.74) is 13.0. The van der Waals surface area contributed by atoms with Crippen LogP contribution in [0.4, 0.5) is 0 Å². The lowest BCUT2D eigenvalue weighted by Crippen LogP contribution is -2.57. The zero-order valence-electron chi connectivity index (χ0n) is 14.1. The Morgan fingerprint density at radius 3 is 2.52 bits per heavy atom. The lowest BCUT2D eigenvalue weighted by molar-refractivity contribution is 0.0696. The van der Waals surface area contributed by atoms with Gasteiger partial charge in [0.25, 0.3) is 0 Å². The normalized spacial score (nSPS) is 35.6. The second-order valence-corrected chi connectivity index (χ2v) is 8.28. The van der Waals surface area contributed by atoms with Crippen molar-refractivity contribution in [2.45, 2.75) is 52.2 Å². The second-order valence-electron chi connectivity index (χ2n) is 8.28. The molecule has 5 heteroatoms. The van der Waals surface area contributed by atoms with Crippen LogP contribution in [0.5, 0.6) is 0 Å². The van der Waals surface area contributed by atoms with Crippen LogP contribution in [-0.2, 0) is 0 Å². The molecule has 6 N–H and O–H groups in total. The van der Waals surface area contributed by atoms with Crippen LogP contribution < -0.4 is 22.1 Å². The lowest BCUT2D eigenvalue weighted by Gasteiger charge is -2.47. The van der Waals surface area contributed by atoms with Crippen molar-refractivity contribution in [2.75, 3.05) is 39.3 Å². The van der Waals surface area contributed by atoms with Crippen LogP contribution in [-0.4, -0.2) is 56.4 Å². The van der Waals surface area contributed by atoms with E-state index in [1.54, 1.807) is 0 Å². The van der Waals surface area contributed by atoms with Gasteiger partial charge in [-0.3, -0.25) is 10.2 Å². The molecule has 124 valence electrons. The summed E-state index contributed by atoms with van der Waals surface area (Å²) in [6, 6.07) is 0.486. The molecule has 0 spiro atoms. The van der Waals surface area contributed by atoms with Gasteiger partial charge in [-0.2, -0.15) is 0 Å². The Labute approximate surface area is 130 Å². The number of nitrogens with zero attached hydrogens (tertiary/aromatic N) is 1. The highest BCUT2D eigenvalue weighted by molar-refractivity contribution is 4.95. The fourth-order valence-corrected chi connectivity index (χ4v) is 4.43. The summed E-state index contributed by atoms with van der Waals surface area (Å²) in [5.74, 6) is 0. The van der Waals surface area contributed by atoms with Gasteiger partial charge < -0.3 is 16.8 Å². The minimum atomic E-state index is 0.0593. The predicted molar refractivity (Wildman–Crippen MR) is 89.0 cm³/mol. The van der Waals surface area contributed by atoms with Gasteiger partial charge in [0.2, 0.25) is 0 Å². The first-order valence-electron chi connectivity index (χ1n) is 8.47. The van der Waals surface area contributed by atoms with Gasteiger partial charge in [-0.15, -0.1) is 0 Å². The molecule has 2 fully saturated rings. The average Bonchev–Trinajstić information content (AvgIpc) is 2.37. The molecular weight excluding hydrogens is 262 g/mol. The second kappa shape index (κ2) is 6.92. The maximum Gasteiger partial charge on any atom is 0.0679 e. The van der Waals surface area contributed by atoms with Crippen LogP contribution >= 0.6 is 0 Å². The van der Waals surface area contributed by atoms with Crippen LogP contribution in [0.15, 0.2) is 0 Å². The molecular formula is C16H35N5. The first-order valence-corrected chi connectivity index (χ1v) is 8.47. The third-order valence-electron chi connectivity index (χ3n) is 5.05. The molecule has 3 atom stereocenters. The van der Waals surface area contributed by atoms with E-state index in [1.165, 1.54) is 12.8 Å². The highest BCUT2D eigenvalue weighted by Gasteiger charge is 2.40. The summed E-state index contributed by atoms with van der Waals surface area (Å²) < 4.78 is 0. The first-order chi connectivity index (χ1) is 9.82. The third-order valence-corrected chi connectivity index (χ3v) is 5.05. The van der Waals surface area contributed by atoms with Gasteiger partial charge >= 0.3 is 0 Å². The monoisotopic (exact) mass is 297 g/mol. The molecule has 1 heterocycles. The van der Waals surface area contributed by atoms with E-state index in [0.29, 0.717) is 11.5 Å². The van der Waals surface area contributed by atoms with Gasteiger partial charge in [-0.1, -0.05) is 20.8 Å². The molecule has 2 aliphatic rings. The van der Waals surface area contributed by atoms with Crippen LogP contribution in [0, 0.1) is 10.8 Å².